The summed E-state index contributed by atoms with van der Waals surface area (Å²) in [5.74, 6) is 1.15. The van der Waals surface area contributed by atoms with Gasteiger partial charge in [-0.25, -0.2) is 0 Å². The minimum atomic E-state index is -0.928. The molecule has 1 N–H and O–H groups in total. The summed E-state index contributed by atoms with van der Waals surface area (Å²) in [6, 6.07) is 8.28. The lowest BCUT2D eigenvalue weighted by Crippen LogP contribution is -2.16. The van der Waals surface area contributed by atoms with E-state index < -0.39 is 6.10 Å². The lowest BCUT2D eigenvalue weighted by atomic mass is 10.0. The van der Waals surface area contributed by atoms with Gasteiger partial charge in [0.2, 0.25) is 0 Å². The zero-order chi connectivity index (χ0) is 15.0. The average molecular weight is 346 g/mol. The third-order valence-electron chi connectivity index (χ3n) is 3.22. The van der Waals surface area contributed by atoms with Crippen LogP contribution in [0.4, 0.5) is 0 Å². The second kappa shape index (κ2) is 5.93. The van der Waals surface area contributed by atoms with Crippen LogP contribution in [0.1, 0.15) is 17.2 Å². The Balaban J connectivity index is 2.00. The minimum absolute atomic E-state index is 0.377. The Bertz CT molecular complexity index is 688. The first-order chi connectivity index (χ1) is 10.1. The summed E-state index contributed by atoms with van der Waals surface area (Å²) in [6.45, 7) is 0.953. The van der Waals surface area contributed by atoms with Crippen molar-refractivity contribution in [1.29, 1.82) is 0 Å². The Hall–Kier alpha value is -1.13. The molecule has 0 aliphatic carbocycles. The Morgan fingerprint density at radius 2 is 1.52 bits per heavy atom. The number of ether oxygens (including phenoxy) is 2. The molecule has 0 amide bonds. The van der Waals surface area contributed by atoms with Gasteiger partial charge in [-0.1, -0.05) is 40.9 Å². The van der Waals surface area contributed by atoms with Crippen LogP contribution >= 0.6 is 34.8 Å². The third-order valence-corrected chi connectivity index (χ3v) is 4.28. The van der Waals surface area contributed by atoms with Crippen molar-refractivity contribution in [1.82, 2.24) is 0 Å². The fraction of sp³-hybridized carbons (Fsp3) is 0.200. The van der Waals surface area contributed by atoms with Crippen molar-refractivity contribution in [3.63, 3.8) is 0 Å². The van der Waals surface area contributed by atoms with Crippen molar-refractivity contribution in [3.8, 4) is 11.5 Å². The monoisotopic (exact) mass is 344 g/mol. The maximum Gasteiger partial charge on any atom is 0.162 e. The molecule has 3 nitrogen and oxygen atoms in total. The SMILES string of the molecule is OC(c1ccc(Cl)c(Cl)c1)c1cc2c(cc1Cl)OCCO2. The van der Waals surface area contributed by atoms with Gasteiger partial charge in [0.25, 0.3) is 0 Å². The Kier molecular flexibility index (Phi) is 4.18. The maximum absolute atomic E-state index is 10.5. The van der Waals surface area contributed by atoms with Gasteiger partial charge in [0.1, 0.15) is 19.3 Å². The highest BCUT2D eigenvalue weighted by Gasteiger charge is 2.20. The standard InChI is InChI=1S/C15H11Cl3O3/c16-10-2-1-8(5-12(10)18)15(19)9-6-13-14(7-11(9)17)21-4-3-20-13/h1-2,5-7,15,19H,3-4H2. The van der Waals surface area contributed by atoms with Gasteiger partial charge in [-0.3, -0.25) is 0 Å². The summed E-state index contributed by atoms with van der Waals surface area (Å²) >= 11 is 18.1. The first-order valence-electron chi connectivity index (χ1n) is 6.28. The van der Waals surface area contributed by atoms with Crippen LogP contribution in [0.3, 0.4) is 0 Å². The molecule has 2 aromatic rings. The van der Waals surface area contributed by atoms with Crippen LogP contribution in [-0.4, -0.2) is 18.3 Å². The predicted octanol–water partition coefficient (Wildman–Crippen LogP) is 4.50. The van der Waals surface area contributed by atoms with E-state index in [1.54, 1.807) is 30.3 Å². The van der Waals surface area contributed by atoms with E-state index in [0.29, 0.717) is 50.9 Å². The van der Waals surface area contributed by atoms with E-state index in [-0.39, 0.29) is 0 Å². The van der Waals surface area contributed by atoms with E-state index in [0.717, 1.165) is 0 Å². The number of halogens is 3. The van der Waals surface area contributed by atoms with Gasteiger partial charge in [-0.2, -0.15) is 0 Å². The molecule has 6 heteroatoms. The first-order valence-corrected chi connectivity index (χ1v) is 7.41. The fourth-order valence-corrected chi connectivity index (χ4v) is 2.71. The van der Waals surface area contributed by atoms with Gasteiger partial charge in [0.15, 0.2) is 11.5 Å². The van der Waals surface area contributed by atoms with E-state index in [1.807, 2.05) is 0 Å². The number of hydrogen-bond acceptors (Lipinski definition) is 3. The summed E-state index contributed by atoms with van der Waals surface area (Å²) in [7, 11) is 0. The largest absolute Gasteiger partial charge is 0.486 e. The molecule has 0 spiro atoms. The molecule has 3 rings (SSSR count). The molecular weight excluding hydrogens is 335 g/mol. The van der Waals surface area contributed by atoms with E-state index in [1.165, 1.54) is 0 Å². The van der Waals surface area contributed by atoms with Gasteiger partial charge < -0.3 is 14.6 Å². The second-order valence-corrected chi connectivity index (χ2v) is 5.82. The third kappa shape index (κ3) is 2.92. The number of aliphatic hydroxyl groups is 1. The number of rotatable bonds is 2. The van der Waals surface area contributed by atoms with Crippen molar-refractivity contribution >= 4 is 34.8 Å². The van der Waals surface area contributed by atoms with Crippen molar-refractivity contribution in [2.45, 2.75) is 6.10 Å². The highest BCUT2D eigenvalue weighted by molar-refractivity contribution is 6.42. The van der Waals surface area contributed by atoms with Gasteiger partial charge >= 0.3 is 0 Å². The number of hydrogen-bond donors (Lipinski definition) is 1. The second-order valence-electron chi connectivity index (χ2n) is 4.59. The molecule has 1 heterocycles. The van der Waals surface area contributed by atoms with Crippen LogP contribution in [-0.2, 0) is 0 Å². The van der Waals surface area contributed by atoms with Crippen molar-refractivity contribution < 1.29 is 14.6 Å². The minimum Gasteiger partial charge on any atom is -0.486 e. The van der Waals surface area contributed by atoms with Crippen LogP contribution in [0.5, 0.6) is 11.5 Å². The van der Waals surface area contributed by atoms with E-state index in [9.17, 15) is 5.11 Å². The Labute approximate surface area is 137 Å². The molecule has 0 radical (unpaired) electrons. The van der Waals surface area contributed by atoms with Crippen LogP contribution in [0, 0.1) is 0 Å². The maximum atomic E-state index is 10.5. The molecular formula is C15H11Cl3O3. The van der Waals surface area contributed by atoms with Crippen LogP contribution in [0.2, 0.25) is 15.1 Å². The van der Waals surface area contributed by atoms with Crippen LogP contribution < -0.4 is 9.47 Å². The lowest BCUT2D eigenvalue weighted by Gasteiger charge is -2.21. The zero-order valence-corrected chi connectivity index (χ0v) is 13.0. The number of benzene rings is 2. The zero-order valence-electron chi connectivity index (χ0n) is 10.8. The molecule has 21 heavy (non-hydrogen) atoms. The molecule has 0 saturated heterocycles. The van der Waals surface area contributed by atoms with E-state index >= 15 is 0 Å². The van der Waals surface area contributed by atoms with E-state index in [4.69, 9.17) is 44.3 Å². The smallest absolute Gasteiger partial charge is 0.162 e. The molecule has 1 atom stereocenters. The molecule has 110 valence electrons. The summed E-state index contributed by atoms with van der Waals surface area (Å²) in [6.07, 6.45) is -0.928. The normalized spacial score (nSPS) is 14.9. The highest BCUT2D eigenvalue weighted by Crippen LogP contribution is 2.39. The molecule has 2 aromatic carbocycles. The molecule has 1 aliphatic rings. The molecule has 1 aliphatic heterocycles. The predicted molar refractivity (Wildman–Crippen MR) is 83.0 cm³/mol. The lowest BCUT2D eigenvalue weighted by molar-refractivity contribution is 0.169. The number of fused-ring (bicyclic) bond motifs is 1. The molecule has 0 saturated carbocycles. The van der Waals surface area contributed by atoms with E-state index in [2.05, 4.69) is 0 Å². The molecule has 1 unspecified atom stereocenters. The fourth-order valence-electron chi connectivity index (χ4n) is 2.15. The van der Waals surface area contributed by atoms with Crippen LogP contribution in [0.25, 0.3) is 0 Å². The topological polar surface area (TPSA) is 38.7 Å². The summed E-state index contributed by atoms with van der Waals surface area (Å²) < 4.78 is 11.0. The quantitative estimate of drug-likeness (QED) is 0.871. The highest BCUT2D eigenvalue weighted by atomic mass is 35.5. The average Bonchev–Trinajstić information content (AvgIpc) is 2.48. The Morgan fingerprint density at radius 1 is 0.857 bits per heavy atom. The molecule has 0 bridgehead atoms. The summed E-state index contributed by atoms with van der Waals surface area (Å²) in [4.78, 5) is 0. The van der Waals surface area contributed by atoms with Gasteiger partial charge in [-0.05, 0) is 23.8 Å². The summed E-state index contributed by atoms with van der Waals surface area (Å²) in [5, 5.41) is 11.7. The first kappa shape index (κ1) is 14.8. The van der Waals surface area contributed by atoms with Crippen molar-refractivity contribution in [2.75, 3.05) is 13.2 Å². The Morgan fingerprint density at radius 3 is 2.19 bits per heavy atom. The van der Waals surface area contributed by atoms with Gasteiger partial charge in [0.05, 0.1) is 15.1 Å². The van der Waals surface area contributed by atoms with Gasteiger partial charge in [-0.15, -0.1) is 0 Å². The molecule has 0 aromatic heterocycles. The molecule has 0 fully saturated rings. The summed E-state index contributed by atoms with van der Waals surface area (Å²) in [5.41, 5.74) is 1.13. The number of aliphatic hydroxyl groups excluding tert-OH is 1. The van der Waals surface area contributed by atoms with Crippen LogP contribution in [0.15, 0.2) is 30.3 Å². The van der Waals surface area contributed by atoms with Crippen molar-refractivity contribution in [3.05, 3.63) is 56.5 Å². The van der Waals surface area contributed by atoms with Gasteiger partial charge in [0, 0.05) is 11.6 Å². The van der Waals surface area contributed by atoms with Crippen molar-refractivity contribution in [2.24, 2.45) is 0 Å².